The molecule has 0 bridgehead atoms. The van der Waals surface area contributed by atoms with Gasteiger partial charge in [-0.1, -0.05) is 36.4 Å². The Kier molecular flexibility index (Phi) is 11.3. The lowest BCUT2D eigenvalue weighted by atomic mass is 9.92. The molecule has 1 fully saturated rings. The number of benzene rings is 2. The van der Waals surface area contributed by atoms with E-state index in [4.69, 9.17) is 23.7 Å². The predicted molar refractivity (Wildman–Crippen MR) is 179 cm³/mol. The minimum atomic E-state index is -1.36. The number of aliphatic imine (C=N–C) groups is 1. The van der Waals surface area contributed by atoms with Gasteiger partial charge in [0, 0.05) is 6.21 Å². The molecule has 47 heavy (non-hydrogen) atoms. The third-order valence-electron chi connectivity index (χ3n) is 7.31. The summed E-state index contributed by atoms with van der Waals surface area (Å²) in [5.74, 6) is -2.36. The maximum Gasteiger partial charge on any atom is 0.311 e. The van der Waals surface area contributed by atoms with Crippen molar-refractivity contribution in [3.8, 4) is 0 Å². The first-order valence-corrected chi connectivity index (χ1v) is 16.0. The molecule has 1 heterocycles. The Morgan fingerprint density at radius 1 is 0.638 bits per heavy atom. The molecule has 2 aromatic carbocycles. The third kappa shape index (κ3) is 10.1. The highest BCUT2D eigenvalue weighted by Gasteiger charge is 2.54. The molecule has 0 spiro atoms. The van der Waals surface area contributed by atoms with Crippen LogP contribution in [-0.2, 0) is 42.9 Å². The predicted octanol–water partition coefficient (Wildman–Crippen LogP) is 6.45. The highest BCUT2D eigenvalue weighted by atomic mass is 16.7. The van der Waals surface area contributed by atoms with Gasteiger partial charge in [0.25, 0.3) is 0 Å². The number of rotatable bonds is 7. The molecule has 5 atom stereocenters. The smallest absolute Gasteiger partial charge is 0.311 e. The topological polar surface area (TPSA) is 127 Å². The van der Waals surface area contributed by atoms with Gasteiger partial charge in [0.1, 0.15) is 12.7 Å². The fraction of sp³-hybridized carbons (Fsp3) is 0.595. The molecule has 1 aliphatic rings. The summed E-state index contributed by atoms with van der Waals surface area (Å²) in [4.78, 5) is 57.7. The fourth-order valence-corrected chi connectivity index (χ4v) is 4.27. The number of esters is 4. The quantitative estimate of drug-likeness (QED) is 0.188. The van der Waals surface area contributed by atoms with Crippen LogP contribution in [0.25, 0.3) is 10.8 Å². The molecule has 0 saturated carbocycles. The van der Waals surface area contributed by atoms with Crippen molar-refractivity contribution < 1.29 is 42.9 Å². The van der Waals surface area contributed by atoms with Crippen molar-refractivity contribution in [1.82, 2.24) is 0 Å². The Morgan fingerprint density at radius 3 is 1.62 bits per heavy atom. The Balaban J connectivity index is 2.17. The maximum atomic E-state index is 13.4. The summed E-state index contributed by atoms with van der Waals surface area (Å²) >= 11 is 0. The molecular formula is C37H51NO9. The Hall–Kier alpha value is -3.79. The van der Waals surface area contributed by atoms with Gasteiger partial charge < -0.3 is 23.7 Å². The van der Waals surface area contributed by atoms with E-state index in [1.54, 1.807) is 89.3 Å². The van der Waals surface area contributed by atoms with E-state index in [-0.39, 0.29) is 6.61 Å². The zero-order valence-corrected chi connectivity index (χ0v) is 29.8. The van der Waals surface area contributed by atoms with E-state index in [2.05, 4.69) is 4.99 Å². The summed E-state index contributed by atoms with van der Waals surface area (Å²) in [6, 6.07) is 13.7. The van der Waals surface area contributed by atoms with Gasteiger partial charge in [0.15, 0.2) is 24.5 Å². The van der Waals surface area contributed by atoms with Gasteiger partial charge in [-0.25, -0.2) is 0 Å². The molecule has 3 rings (SSSR count). The van der Waals surface area contributed by atoms with Crippen molar-refractivity contribution >= 4 is 40.9 Å². The molecule has 0 amide bonds. The van der Waals surface area contributed by atoms with Crippen LogP contribution in [0.4, 0.5) is 0 Å². The monoisotopic (exact) mass is 653 g/mol. The average molecular weight is 654 g/mol. The molecule has 0 unspecified atom stereocenters. The van der Waals surface area contributed by atoms with Crippen LogP contribution >= 0.6 is 0 Å². The van der Waals surface area contributed by atoms with Crippen molar-refractivity contribution in [2.45, 2.75) is 114 Å². The van der Waals surface area contributed by atoms with Gasteiger partial charge in [-0.15, -0.1) is 0 Å². The lowest BCUT2D eigenvalue weighted by Crippen LogP contribution is -2.63. The number of nitrogens with zero attached hydrogens (tertiary/aromatic N) is 1. The van der Waals surface area contributed by atoms with Crippen LogP contribution < -0.4 is 0 Å². The summed E-state index contributed by atoms with van der Waals surface area (Å²) in [6.07, 6.45) is -4.77. The number of hydrogen-bond donors (Lipinski definition) is 0. The molecule has 10 heteroatoms. The summed E-state index contributed by atoms with van der Waals surface area (Å²) in [5.41, 5.74) is -2.94. The molecular weight excluding hydrogens is 602 g/mol. The molecule has 0 aliphatic carbocycles. The molecule has 1 aliphatic heterocycles. The first kappa shape index (κ1) is 37.7. The molecule has 258 valence electrons. The van der Waals surface area contributed by atoms with Gasteiger partial charge in [-0.3, -0.25) is 24.2 Å². The van der Waals surface area contributed by atoms with Crippen LogP contribution in [0.2, 0.25) is 0 Å². The lowest BCUT2D eigenvalue weighted by molar-refractivity contribution is -0.258. The first-order valence-electron chi connectivity index (χ1n) is 16.0. The summed E-state index contributed by atoms with van der Waals surface area (Å²) < 4.78 is 30.1. The number of ether oxygens (including phenoxy) is 5. The molecule has 0 aromatic heterocycles. The van der Waals surface area contributed by atoms with E-state index < -0.39 is 76.2 Å². The number of carbonyl (C=O) groups excluding carboxylic acids is 4. The number of hydrogen-bond acceptors (Lipinski definition) is 10. The van der Waals surface area contributed by atoms with Crippen molar-refractivity contribution in [3.63, 3.8) is 0 Å². The van der Waals surface area contributed by atoms with E-state index >= 15 is 0 Å². The SMILES string of the molecule is CC(C)(C)C(=O)OC[C@H]1O[C@@H](/N=C/c2ccc3ccccc3c2)[C@H](OC(=O)C(C)(C)C)[C@@H](OC(=O)C(C)(C)C)[C@H]1OC(=O)C(C)(C)C. The minimum absolute atomic E-state index is 0.344. The Morgan fingerprint density at radius 2 is 1.11 bits per heavy atom. The van der Waals surface area contributed by atoms with Crippen molar-refractivity contribution in [3.05, 3.63) is 48.0 Å². The van der Waals surface area contributed by atoms with E-state index in [1.165, 1.54) is 0 Å². The van der Waals surface area contributed by atoms with Crippen molar-refractivity contribution in [2.75, 3.05) is 6.61 Å². The largest absolute Gasteiger partial charge is 0.462 e. The van der Waals surface area contributed by atoms with Crippen molar-refractivity contribution in [2.24, 2.45) is 26.7 Å². The Labute approximate surface area is 278 Å². The highest BCUT2D eigenvalue weighted by molar-refractivity contribution is 5.90. The molecule has 1 saturated heterocycles. The van der Waals surface area contributed by atoms with Gasteiger partial charge >= 0.3 is 23.9 Å². The highest BCUT2D eigenvalue weighted by Crippen LogP contribution is 2.34. The van der Waals surface area contributed by atoms with Gasteiger partial charge in [-0.2, -0.15) is 0 Å². The third-order valence-corrected chi connectivity index (χ3v) is 7.31. The van der Waals surface area contributed by atoms with Crippen LogP contribution in [0.5, 0.6) is 0 Å². The van der Waals surface area contributed by atoms with E-state index in [1.807, 2.05) is 42.5 Å². The van der Waals surface area contributed by atoms with Crippen LogP contribution in [0, 0.1) is 21.7 Å². The maximum absolute atomic E-state index is 13.4. The van der Waals surface area contributed by atoms with Crippen molar-refractivity contribution in [1.29, 1.82) is 0 Å². The Bertz CT molecular complexity index is 1480. The standard InChI is InChI=1S/C37H51NO9/c1-34(2,3)30(39)43-21-25-26(45-31(40)35(4,5)6)27(46-32(41)36(7,8)9)28(47-33(42)37(10,11)12)29(44-25)38-20-22-17-18-23-15-13-14-16-24(23)19-22/h13-20,25-29H,21H2,1-12H3/b38-20+/t25-,26+,27+,28-,29-/m1/s1. The fourth-order valence-electron chi connectivity index (χ4n) is 4.27. The summed E-state index contributed by atoms with van der Waals surface area (Å²) in [5, 5.41) is 2.05. The number of carbonyl (C=O) groups is 4. The van der Waals surface area contributed by atoms with Gasteiger partial charge in [-0.05, 0) is 105 Å². The first-order chi connectivity index (χ1) is 21.5. The van der Waals surface area contributed by atoms with E-state index in [9.17, 15) is 19.2 Å². The van der Waals surface area contributed by atoms with Crippen LogP contribution in [-0.4, -0.2) is 67.3 Å². The zero-order valence-electron chi connectivity index (χ0n) is 29.8. The normalized spacial score (nSPS) is 22.5. The average Bonchev–Trinajstić information content (AvgIpc) is 2.94. The van der Waals surface area contributed by atoms with Crippen LogP contribution in [0.1, 0.15) is 88.6 Å². The molecule has 10 nitrogen and oxygen atoms in total. The molecule has 0 N–H and O–H groups in total. The summed E-state index contributed by atoms with van der Waals surface area (Å²) in [6.45, 7) is 19.9. The lowest BCUT2D eigenvalue weighted by Gasteiger charge is -2.45. The second-order valence-electron chi connectivity index (χ2n) is 16.2. The van der Waals surface area contributed by atoms with Gasteiger partial charge in [0.2, 0.25) is 0 Å². The van der Waals surface area contributed by atoms with Crippen LogP contribution in [0.15, 0.2) is 47.5 Å². The van der Waals surface area contributed by atoms with E-state index in [0.717, 1.165) is 16.3 Å². The van der Waals surface area contributed by atoms with Gasteiger partial charge in [0.05, 0.1) is 21.7 Å². The minimum Gasteiger partial charge on any atom is -0.462 e. The molecule has 2 aromatic rings. The second-order valence-corrected chi connectivity index (χ2v) is 16.2. The second kappa shape index (κ2) is 14.1. The zero-order chi connectivity index (χ0) is 35.5. The van der Waals surface area contributed by atoms with E-state index in [0.29, 0.717) is 0 Å². The summed E-state index contributed by atoms with van der Waals surface area (Å²) in [7, 11) is 0. The van der Waals surface area contributed by atoms with Crippen LogP contribution in [0.3, 0.4) is 0 Å². The number of fused-ring (bicyclic) bond motifs is 1. The molecule has 0 radical (unpaired) electrons.